The number of hydrogen-bond acceptors (Lipinski definition) is 8. The number of methoxy groups -OCH3 is 1. The number of hydrogen-bond donors (Lipinski definition) is 0. The molecule has 1 fully saturated rings. The van der Waals surface area contributed by atoms with Gasteiger partial charge in [-0.25, -0.2) is 9.97 Å². The van der Waals surface area contributed by atoms with E-state index in [0.717, 1.165) is 24.4 Å². The Labute approximate surface area is 168 Å². The molecule has 1 aromatic carbocycles. The molecule has 9 nitrogen and oxygen atoms in total. The third kappa shape index (κ3) is 4.50. The van der Waals surface area contributed by atoms with E-state index < -0.39 is 0 Å². The number of nitrogens with zero attached hydrogens (tertiary/aromatic N) is 6. The van der Waals surface area contributed by atoms with E-state index in [4.69, 9.17) is 9.26 Å². The smallest absolute Gasteiger partial charge is 0.227 e. The number of piperazine rings is 1. The van der Waals surface area contributed by atoms with E-state index in [2.05, 4.69) is 25.0 Å². The summed E-state index contributed by atoms with van der Waals surface area (Å²) >= 11 is 0. The molecule has 1 aliphatic heterocycles. The van der Waals surface area contributed by atoms with Gasteiger partial charge in [-0.15, -0.1) is 0 Å². The Balaban J connectivity index is 1.29. The molecule has 4 rings (SSSR count). The van der Waals surface area contributed by atoms with Gasteiger partial charge in [0.25, 0.3) is 0 Å². The van der Waals surface area contributed by atoms with Gasteiger partial charge in [-0.1, -0.05) is 17.3 Å². The maximum Gasteiger partial charge on any atom is 0.227 e. The van der Waals surface area contributed by atoms with Crippen LogP contribution in [0.1, 0.15) is 12.3 Å². The van der Waals surface area contributed by atoms with Gasteiger partial charge >= 0.3 is 0 Å². The Morgan fingerprint density at radius 3 is 2.69 bits per heavy atom. The minimum Gasteiger partial charge on any atom is -0.497 e. The molecule has 0 bridgehead atoms. The van der Waals surface area contributed by atoms with Gasteiger partial charge < -0.3 is 19.1 Å². The van der Waals surface area contributed by atoms with Gasteiger partial charge in [0.15, 0.2) is 0 Å². The van der Waals surface area contributed by atoms with Crippen molar-refractivity contribution in [1.82, 2.24) is 25.0 Å². The molecule has 0 unspecified atom stereocenters. The van der Waals surface area contributed by atoms with Crippen molar-refractivity contribution in [3.05, 3.63) is 48.6 Å². The Hall–Kier alpha value is -3.49. The fourth-order valence-electron chi connectivity index (χ4n) is 3.22. The predicted molar refractivity (Wildman–Crippen MR) is 105 cm³/mol. The van der Waals surface area contributed by atoms with Crippen molar-refractivity contribution in [2.45, 2.75) is 12.8 Å². The highest BCUT2D eigenvalue weighted by atomic mass is 16.5. The highest BCUT2D eigenvalue weighted by Crippen LogP contribution is 2.21. The zero-order valence-corrected chi connectivity index (χ0v) is 16.2. The molecule has 0 saturated carbocycles. The summed E-state index contributed by atoms with van der Waals surface area (Å²) in [7, 11) is 1.61. The Bertz CT molecular complexity index is 954. The van der Waals surface area contributed by atoms with E-state index in [-0.39, 0.29) is 5.91 Å². The normalized spacial score (nSPS) is 14.1. The topological polar surface area (TPSA) is 97.5 Å². The van der Waals surface area contributed by atoms with E-state index in [0.29, 0.717) is 43.6 Å². The van der Waals surface area contributed by atoms with Crippen LogP contribution in [0.15, 0.2) is 47.2 Å². The second kappa shape index (κ2) is 8.68. The maximum absolute atomic E-state index is 12.5. The molecule has 150 valence electrons. The van der Waals surface area contributed by atoms with Crippen LogP contribution < -0.4 is 9.64 Å². The van der Waals surface area contributed by atoms with Crippen LogP contribution >= 0.6 is 0 Å². The average Bonchev–Trinajstić information content (AvgIpc) is 3.27. The lowest BCUT2D eigenvalue weighted by molar-refractivity contribution is -0.131. The van der Waals surface area contributed by atoms with Crippen LogP contribution in [0.25, 0.3) is 11.4 Å². The Morgan fingerprint density at radius 1 is 1.14 bits per heavy atom. The summed E-state index contributed by atoms with van der Waals surface area (Å²) in [5.74, 6) is 2.45. The second-order valence-electron chi connectivity index (χ2n) is 6.66. The number of aromatic nitrogens is 4. The van der Waals surface area contributed by atoms with E-state index in [1.54, 1.807) is 25.6 Å². The van der Waals surface area contributed by atoms with Crippen molar-refractivity contribution in [3.8, 4) is 17.1 Å². The number of carbonyl (C=O) groups is 1. The van der Waals surface area contributed by atoms with Gasteiger partial charge in [0.05, 0.1) is 7.11 Å². The van der Waals surface area contributed by atoms with Crippen molar-refractivity contribution >= 4 is 11.9 Å². The van der Waals surface area contributed by atoms with E-state index in [1.165, 1.54) is 0 Å². The molecule has 1 amide bonds. The predicted octanol–water partition coefficient (Wildman–Crippen LogP) is 1.82. The first-order chi connectivity index (χ1) is 14.2. The average molecular weight is 394 g/mol. The highest BCUT2D eigenvalue weighted by Gasteiger charge is 2.22. The van der Waals surface area contributed by atoms with E-state index >= 15 is 0 Å². The van der Waals surface area contributed by atoms with Gasteiger partial charge in [-0.3, -0.25) is 4.79 Å². The summed E-state index contributed by atoms with van der Waals surface area (Å²) in [6, 6.07) is 9.25. The lowest BCUT2D eigenvalue weighted by Gasteiger charge is -2.34. The molecule has 0 atom stereocenters. The van der Waals surface area contributed by atoms with Crippen LogP contribution in [-0.4, -0.2) is 64.2 Å². The maximum atomic E-state index is 12.5. The number of aryl methyl sites for hydroxylation is 1. The van der Waals surface area contributed by atoms with Gasteiger partial charge in [0.2, 0.25) is 23.6 Å². The van der Waals surface area contributed by atoms with Crippen LogP contribution in [0.2, 0.25) is 0 Å². The fourth-order valence-corrected chi connectivity index (χ4v) is 3.22. The fraction of sp³-hybridized carbons (Fsp3) is 0.350. The third-order valence-corrected chi connectivity index (χ3v) is 4.82. The Kier molecular flexibility index (Phi) is 5.64. The first kappa shape index (κ1) is 18.9. The van der Waals surface area contributed by atoms with Crippen molar-refractivity contribution in [3.63, 3.8) is 0 Å². The van der Waals surface area contributed by atoms with Crippen LogP contribution in [0, 0.1) is 0 Å². The lowest BCUT2D eigenvalue weighted by Crippen LogP contribution is -2.49. The molecule has 1 aliphatic rings. The van der Waals surface area contributed by atoms with Crippen molar-refractivity contribution < 1.29 is 14.1 Å². The highest BCUT2D eigenvalue weighted by molar-refractivity contribution is 5.76. The van der Waals surface area contributed by atoms with Gasteiger partial charge in [0.1, 0.15) is 5.75 Å². The minimum absolute atomic E-state index is 0.0831. The Morgan fingerprint density at radius 2 is 1.93 bits per heavy atom. The third-order valence-electron chi connectivity index (χ3n) is 4.82. The number of ether oxygens (including phenoxy) is 1. The standard InChI is InChI=1S/C20H22N6O3/c1-28-16-5-2-4-15(14-16)19-23-17(29-24-19)6-7-18(27)25-10-12-26(13-11-25)20-21-8-3-9-22-20/h2-5,8-9,14H,6-7,10-13H2,1H3. The van der Waals surface area contributed by atoms with Crippen LogP contribution in [-0.2, 0) is 11.2 Å². The molecule has 1 saturated heterocycles. The largest absolute Gasteiger partial charge is 0.497 e. The SMILES string of the molecule is COc1cccc(-c2noc(CCC(=O)N3CCN(c4ncccn4)CC3)n2)c1. The van der Waals surface area contributed by atoms with E-state index in [1.807, 2.05) is 29.2 Å². The molecule has 2 aromatic heterocycles. The number of benzene rings is 1. The number of anilines is 1. The summed E-state index contributed by atoms with van der Waals surface area (Å²) in [6.07, 6.45) is 4.20. The first-order valence-electron chi connectivity index (χ1n) is 9.49. The van der Waals surface area contributed by atoms with Crippen molar-refractivity contribution in [1.29, 1.82) is 0 Å². The quantitative estimate of drug-likeness (QED) is 0.624. The van der Waals surface area contributed by atoms with Gasteiger partial charge in [0, 0.05) is 57.0 Å². The molecule has 3 heterocycles. The van der Waals surface area contributed by atoms with E-state index in [9.17, 15) is 4.79 Å². The molecule has 0 radical (unpaired) electrons. The molecule has 9 heteroatoms. The molecular formula is C20H22N6O3. The lowest BCUT2D eigenvalue weighted by atomic mass is 10.2. The van der Waals surface area contributed by atoms with Crippen molar-refractivity contribution in [2.75, 3.05) is 38.2 Å². The molecule has 0 spiro atoms. The van der Waals surface area contributed by atoms with Gasteiger partial charge in [-0.05, 0) is 18.2 Å². The molecule has 3 aromatic rings. The number of rotatable bonds is 6. The van der Waals surface area contributed by atoms with Gasteiger partial charge in [-0.2, -0.15) is 4.98 Å². The zero-order valence-electron chi connectivity index (χ0n) is 16.2. The monoisotopic (exact) mass is 394 g/mol. The summed E-state index contributed by atoms with van der Waals surface area (Å²) in [5, 5.41) is 4.01. The minimum atomic E-state index is 0.0831. The molecule has 0 aliphatic carbocycles. The second-order valence-corrected chi connectivity index (χ2v) is 6.66. The zero-order chi connectivity index (χ0) is 20.1. The summed E-state index contributed by atoms with van der Waals surface area (Å²) in [4.78, 5) is 29.4. The van der Waals surface area contributed by atoms with Crippen LogP contribution in [0.5, 0.6) is 5.75 Å². The number of amides is 1. The summed E-state index contributed by atoms with van der Waals surface area (Å²) in [5.41, 5.74) is 0.810. The van der Waals surface area contributed by atoms with Crippen LogP contribution in [0.3, 0.4) is 0 Å². The van der Waals surface area contributed by atoms with Crippen molar-refractivity contribution in [2.24, 2.45) is 0 Å². The molecule has 29 heavy (non-hydrogen) atoms. The first-order valence-corrected chi connectivity index (χ1v) is 9.49. The molecule has 0 N–H and O–H groups in total. The van der Waals surface area contributed by atoms with Crippen LogP contribution in [0.4, 0.5) is 5.95 Å². The number of carbonyl (C=O) groups excluding carboxylic acids is 1. The summed E-state index contributed by atoms with van der Waals surface area (Å²) < 4.78 is 10.5. The molecular weight excluding hydrogens is 372 g/mol. The summed E-state index contributed by atoms with van der Waals surface area (Å²) in [6.45, 7) is 2.73.